The van der Waals surface area contributed by atoms with Crippen LogP contribution in [0.2, 0.25) is 0 Å². The standard InChI is InChI=1S/C26H47N3O2/c1-3-5-7-8-9-10-11-12-13-23-20-26-25(29-22-31-26)19-24(23)21-28-16-18-30-17-15-27-14-6-4-2/h19-20,27-29H,3-18,21-22H2,1-2H3. The summed E-state index contributed by atoms with van der Waals surface area (Å²) >= 11 is 0. The third-order valence-corrected chi connectivity index (χ3v) is 5.96. The van der Waals surface area contributed by atoms with Gasteiger partial charge in [-0.05, 0) is 49.1 Å². The lowest BCUT2D eigenvalue weighted by atomic mass is 9.99. The van der Waals surface area contributed by atoms with Crippen LogP contribution in [0.5, 0.6) is 5.75 Å². The van der Waals surface area contributed by atoms with Gasteiger partial charge < -0.3 is 25.4 Å². The highest BCUT2D eigenvalue weighted by Crippen LogP contribution is 2.33. The molecule has 2 rings (SSSR count). The second kappa shape index (κ2) is 17.3. The van der Waals surface area contributed by atoms with E-state index in [4.69, 9.17) is 9.47 Å². The van der Waals surface area contributed by atoms with Crippen molar-refractivity contribution in [3.63, 3.8) is 0 Å². The molecule has 5 nitrogen and oxygen atoms in total. The van der Waals surface area contributed by atoms with Crippen LogP contribution in [-0.2, 0) is 17.7 Å². The van der Waals surface area contributed by atoms with Crippen molar-refractivity contribution in [1.82, 2.24) is 10.6 Å². The number of nitrogens with one attached hydrogen (secondary N) is 3. The first-order valence-electron chi connectivity index (χ1n) is 12.9. The Hall–Kier alpha value is -1.30. The van der Waals surface area contributed by atoms with Gasteiger partial charge in [-0.15, -0.1) is 0 Å². The van der Waals surface area contributed by atoms with Crippen LogP contribution in [0.1, 0.15) is 89.2 Å². The van der Waals surface area contributed by atoms with Gasteiger partial charge in [-0.1, -0.05) is 65.2 Å². The molecule has 0 saturated heterocycles. The summed E-state index contributed by atoms with van der Waals surface area (Å²) in [6.45, 7) is 10.4. The highest BCUT2D eigenvalue weighted by molar-refractivity contribution is 5.62. The Morgan fingerprint density at radius 3 is 2.29 bits per heavy atom. The molecule has 5 heteroatoms. The van der Waals surface area contributed by atoms with Crippen LogP contribution >= 0.6 is 0 Å². The van der Waals surface area contributed by atoms with E-state index in [0.717, 1.165) is 57.3 Å². The van der Waals surface area contributed by atoms with Gasteiger partial charge in [0.1, 0.15) is 5.75 Å². The quantitative estimate of drug-likeness (QED) is 0.233. The molecule has 1 aromatic carbocycles. The average molecular weight is 434 g/mol. The average Bonchev–Trinajstić information content (AvgIpc) is 3.24. The monoisotopic (exact) mass is 433 g/mol. The van der Waals surface area contributed by atoms with Crippen LogP contribution in [0.3, 0.4) is 0 Å². The molecule has 3 N–H and O–H groups in total. The molecule has 0 amide bonds. The summed E-state index contributed by atoms with van der Waals surface area (Å²) in [5.74, 6) is 1.01. The van der Waals surface area contributed by atoms with E-state index >= 15 is 0 Å². The minimum absolute atomic E-state index is 0.587. The molecule has 0 unspecified atom stereocenters. The van der Waals surface area contributed by atoms with Crippen molar-refractivity contribution >= 4 is 5.69 Å². The highest BCUT2D eigenvalue weighted by Gasteiger charge is 2.15. The number of ether oxygens (including phenoxy) is 2. The molecule has 0 aliphatic carbocycles. The molecule has 1 aliphatic rings. The van der Waals surface area contributed by atoms with Gasteiger partial charge in [0.15, 0.2) is 6.73 Å². The molecule has 1 aromatic rings. The Balaban J connectivity index is 1.64. The zero-order chi connectivity index (χ0) is 22.0. The number of benzene rings is 1. The molecule has 1 heterocycles. The number of unbranched alkanes of at least 4 members (excludes halogenated alkanes) is 8. The zero-order valence-corrected chi connectivity index (χ0v) is 20.2. The maximum atomic E-state index is 5.73. The molecule has 31 heavy (non-hydrogen) atoms. The molecule has 1 aliphatic heterocycles. The second-order valence-electron chi connectivity index (χ2n) is 8.70. The maximum Gasteiger partial charge on any atom is 0.159 e. The number of hydrogen-bond donors (Lipinski definition) is 3. The first kappa shape index (κ1) is 26.0. The summed E-state index contributed by atoms with van der Waals surface area (Å²) in [7, 11) is 0. The van der Waals surface area contributed by atoms with E-state index in [1.54, 1.807) is 0 Å². The summed E-state index contributed by atoms with van der Waals surface area (Å²) in [4.78, 5) is 0. The summed E-state index contributed by atoms with van der Waals surface area (Å²) in [6, 6.07) is 4.53. The third-order valence-electron chi connectivity index (χ3n) is 5.96. The molecule has 0 saturated carbocycles. The Bertz CT molecular complexity index is 580. The van der Waals surface area contributed by atoms with Crippen LogP contribution in [0, 0.1) is 0 Å². The van der Waals surface area contributed by atoms with Crippen molar-refractivity contribution < 1.29 is 9.47 Å². The van der Waals surface area contributed by atoms with Crippen molar-refractivity contribution in [2.24, 2.45) is 0 Å². The summed E-state index contributed by atoms with van der Waals surface area (Å²) < 4.78 is 11.4. The van der Waals surface area contributed by atoms with Gasteiger partial charge in [-0.25, -0.2) is 0 Å². The Labute approximate surface area is 191 Å². The smallest absolute Gasteiger partial charge is 0.159 e. The van der Waals surface area contributed by atoms with E-state index in [1.165, 1.54) is 75.3 Å². The minimum Gasteiger partial charge on any atom is -0.471 e. The molecule has 0 spiro atoms. The van der Waals surface area contributed by atoms with E-state index in [1.807, 2.05) is 0 Å². The van der Waals surface area contributed by atoms with Crippen LogP contribution in [-0.4, -0.2) is 39.6 Å². The lowest BCUT2D eigenvalue weighted by Crippen LogP contribution is -2.24. The summed E-state index contributed by atoms with van der Waals surface area (Å²) in [5.41, 5.74) is 3.95. The van der Waals surface area contributed by atoms with Crippen LogP contribution in [0.15, 0.2) is 12.1 Å². The lowest BCUT2D eigenvalue weighted by molar-refractivity contribution is 0.137. The maximum absolute atomic E-state index is 5.73. The number of anilines is 1. The Kier molecular flexibility index (Phi) is 14.5. The fraction of sp³-hybridized carbons (Fsp3) is 0.769. The van der Waals surface area contributed by atoms with Crippen molar-refractivity contribution in [2.45, 2.75) is 91.0 Å². The molecule has 0 fully saturated rings. The van der Waals surface area contributed by atoms with Gasteiger partial charge in [0, 0.05) is 19.6 Å². The van der Waals surface area contributed by atoms with Gasteiger partial charge in [0.05, 0.1) is 18.9 Å². The van der Waals surface area contributed by atoms with E-state index in [0.29, 0.717) is 6.73 Å². The summed E-state index contributed by atoms with van der Waals surface area (Å²) in [6.07, 6.45) is 14.5. The molecule has 0 radical (unpaired) electrons. The predicted molar refractivity (Wildman–Crippen MR) is 132 cm³/mol. The van der Waals surface area contributed by atoms with Crippen molar-refractivity contribution in [3.8, 4) is 5.75 Å². The van der Waals surface area contributed by atoms with Crippen molar-refractivity contribution in [1.29, 1.82) is 0 Å². The molecular weight excluding hydrogens is 386 g/mol. The molecular formula is C26H47N3O2. The van der Waals surface area contributed by atoms with Gasteiger partial charge >= 0.3 is 0 Å². The van der Waals surface area contributed by atoms with E-state index in [-0.39, 0.29) is 0 Å². The van der Waals surface area contributed by atoms with Crippen molar-refractivity contribution in [3.05, 3.63) is 23.3 Å². The SMILES string of the molecule is CCCCCCCCCCc1cc2c(cc1CNCCOCCNCCCC)NCO2. The molecule has 0 bridgehead atoms. The van der Waals surface area contributed by atoms with Gasteiger partial charge in [0.25, 0.3) is 0 Å². The lowest BCUT2D eigenvalue weighted by Gasteiger charge is -2.13. The van der Waals surface area contributed by atoms with E-state index in [2.05, 4.69) is 41.9 Å². The minimum atomic E-state index is 0.587. The third kappa shape index (κ3) is 11.2. The largest absolute Gasteiger partial charge is 0.471 e. The fourth-order valence-electron chi connectivity index (χ4n) is 4.00. The number of hydrogen-bond acceptors (Lipinski definition) is 5. The second-order valence-corrected chi connectivity index (χ2v) is 8.70. The molecule has 0 atom stereocenters. The fourth-order valence-corrected chi connectivity index (χ4v) is 4.00. The Morgan fingerprint density at radius 1 is 0.806 bits per heavy atom. The number of fused-ring (bicyclic) bond motifs is 1. The topological polar surface area (TPSA) is 54.5 Å². The summed E-state index contributed by atoms with van der Waals surface area (Å²) in [5, 5.41) is 10.3. The first-order valence-corrected chi connectivity index (χ1v) is 12.9. The first-order chi connectivity index (χ1) is 15.3. The van der Waals surface area contributed by atoms with Crippen molar-refractivity contribution in [2.75, 3.05) is 44.9 Å². The van der Waals surface area contributed by atoms with Gasteiger partial charge in [-0.2, -0.15) is 0 Å². The highest BCUT2D eigenvalue weighted by atomic mass is 16.5. The van der Waals surface area contributed by atoms with Gasteiger partial charge in [-0.3, -0.25) is 0 Å². The van der Waals surface area contributed by atoms with E-state index < -0.39 is 0 Å². The number of aryl methyl sites for hydroxylation is 1. The zero-order valence-electron chi connectivity index (χ0n) is 20.2. The van der Waals surface area contributed by atoms with E-state index in [9.17, 15) is 0 Å². The Morgan fingerprint density at radius 2 is 1.52 bits per heavy atom. The van der Waals surface area contributed by atoms with Crippen LogP contribution < -0.4 is 20.7 Å². The predicted octanol–water partition coefficient (Wildman–Crippen LogP) is 5.63. The van der Waals surface area contributed by atoms with Gasteiger partial charge in [0.2, 0.25) is 0 Å². The normalized spacial score (nSPS) is 12.6. The molecule has 0 aromatic heterocycles. The number of rotatable bonds is 20. The van der Waals surface area contributed by atoms with Crippen LogP contribution in [0.25, 0.3) is 0 Å². The molecule has 178 valence electrons. The van der Waals surface area contributed by atoms with Crippen LogP contribution in [0.4, 0.5) is 5.69 Å².